The first-order valence-corrected chi connectivity index (χ1v) is 12.7. The van der Waals surface area contributed by atoms with Crippen molar-refractivity contribution in [3.05, 3.63) is 64.7 Å². The maximum atomic E-state index is 13.2. The monoisotopic (exact) mass is 529 g/mol. The fourth-order valence-corrected chi connectivity index (χ4v) is 4.49. The number of carbonyl (C=O) groups is 1. The maximum Gasteiger partial charge on any atom is 0.323 e. The zero-order valence-electron chi connectivity index (χ0n) is 21.6. The summed E-state index contributed by atoms with van der Waals surface area (Å²) in [6, 6.07) is 8.46. The van der Waals surface area contributed by atoms with Crippen LogP contribution in [0.3, 0.4) is 0 Å². The molecule has 4 heterocycles. The summed E-state index contributed by atoms with van der Waals surface area (Å²) in [4.78, 5) is 34.8. The molecule has 38 heavy (non-hydrogen) atoms. The molecule has 0 saturated heterocycles. The lowest BCUT2D eigenvalue weighted by atomic mass is 10.1. The molecule has 0 atom stereocenters. The lowest BCUT2D eigenvalue weighted by molar-refractivity contribution is 0.262. The van der Waals surface area contributed by atoms with Crippen LogP contribution < -0.4 is 21.5 Å². The second kappa shape index (κ2) is 9.71. The van der Waals surface area contributed by atoms with Crippen LogP contribution in [0.15, 0.2) is 59.1 Å². The van der Waals surface area contributed by atoms with Crippen molar-refractivity contribution in [2.24, 2.45) is 7.05 Å². The van der Waals surface area contributed by atoms with E-state index in [-0.39, 0.29) is 11.1 Å². The number of anilines is 3. The molecule has 5 rings (SSSR count). The van der Waals surface area contributed by atoms with Gasteiger partial charge in [0.15, 0.2) is 0 Å². The molecular formula is C26H27N9O2S. The van der Waals surface area contributed by atoms with Crippen molar-refractivity contribution >= 4 is 45.9 Å². The fourth-order valence-electron chi connectivity index (χ4n) is 3.97. The number of pyridine rings is 1. The van der Waals surface area contributed by atoms with Gasteiger partial charge in [-0.15, -0.1) is 0 Å². The predicted molar refractivity (Wildman–Crippen MR) is 151 cm³/mol. The van der Waals surface area contributed by atoms with Gasteiger partial charge in [-0.2, -0.15) is 10.1 Å². The molecule has 12 heteroatoms. The van der Waals surface area contributed by atoms with E-state index in [0.29, 0.717) is 39.8 Å². The van der Waals surface area contributed by atoms with Gasteiger partial charge >= 0.3 is 6.03 Å². The van der Waals surface area contributed by atoms with Crippen LogP contribution >= 0.6 is 11.5 Å². The number of rotatable bonds is 5. The Kier molecular flexibility index (Phi) is 6.41. The minimum atomic E-state index is -0.431. The molecule has 0 radical (unpaired) electrons. The van der Waals surface area contributed by atoms with Gasteiger partial charge in [-0.3, -0.25) is 14.0 Å². The van der Waals surface area contributed by atoms with Crippen molar-refractivity contribution in [3.8, 4) is 22.4 Å². The summed E-state index contributed by atoms with van der Waals surface area (Å²) in [6.07, 6.45) is 5.20. The third-order valence-electron chi connectivity index (χ3n) is 5.96. The number of carbonyl (C=O) groups excluding carboxylic acids is 1. The van der Waals surface area contributed by atoms with E-state index in [1.165, 1.54) is 16.1 Å². The molecule has 0 unspecified atom stereocenters. The molecule has 3 N–H and O–H groups in total. The number of fused-ring (bicyclic) bond motifs is 1. The standard InChI is InChI=1S/C26H27N9O2S/c1-26(2,3)35-13-20(21(33-35)17-12-29-38-14-17)31-25(37)30-18-8-6-7-15(9-18)19-10-16-11-28-24(27-4)32-22(16)34(5)23(19)36/h6-14H,1-5H3,(H,27,28,32)(H2,30,31,37). The van der Waals surface area contributed by atoms with E-state index in [4.69, 9.17) is 0 Å². The van der Waals surface area contributed by atoms with E-state index in [1.807, 2.05) is 43.1 Å². The van der Waals surface area contributed by atoms with Crippen LogP contribution in [-0.4, -0.2) is 41.8 Å². The summed E-state index contributed by atoms with van der Waals surface area (Å²) >= 11 is 1.32. The summed E-state index contributed by atoms with van der Waals surface area (Å²) < 4.78 is 7.47. The molecule has 0 bridgehead atoms. The van der Waals surface area contributed by atoms with Crippen molar-refractivity contribution in [3.63, 3.8) is 0 Å². The molecule has 2 amide bonds. The number of amides is 2. The number of aromatic nitrogens is 6. The number of hydrogen-bond acceptors (Lipinski definition) is 8. The fraction of sp³-hybridized carbons (Fsp3) is 0.231. The van der Waals surface area contributed by atoms with Crippen LogP contribution in [0.25, 0.3) is 33.4 Å². The summed E-state index contributed by atoms with van der Waals surface area (Å²) in [5.74, 6) is 0.434. The van der Waals surface area contributed by atoms with Gasteiger partial charge in [-0.25, -0.2) is 14.2 Å². The first-order chi connectivity index (χ1) is 18.1. The van der Waals surface area contributed by atoms with E-state index in [1.54, 1.807) is 50.8 Å². The zero-order valence-corrected chi connectivity index (χ0v) is 22.4. The maximum absolute atomic E-state index is 13.2. The molecule has 11 nitrogen and oxygen atoms in total. The quantitative estimate of drug-likeness (QED) is 0.299. The van der Waals surface area contributed by atoms with Crippen molar-refractivity contribution in [2.45, 2.75) is 26.3 Å². The van der Waals surface area contributed by atoms with E-state index in [2.05, 4.69) is 35.4 Å². The molecule has 0 aliphatic rings. The van der Waals surface area contributed by atoms with E-state index < -0.39 is 6.03 Å². The van der Waals surface area contributed by atoms with Gasteiger partial charge in [0, 0.05) is 54.1 Å². The van der Waals surface area contributed by atoms with E-state index in [0.717, 1.165) is 10.9 Å². The molecule has 0 aliphatic carbocycles. The highest BCUT2D eigenvalue weighted by Gasteiger charge is 2.21. The lowest BCUT2D eigenvalue weighted by Gasteiger charge is -2.18. The van der Waals surface area contributed by atoms with Crippen LogP contribution in [0.4, 0.5) is 22.1 Å². The Labute approximate surface area is 222 Å². The molecule has 5 aromatic rings. The van der Waals surface area contributed by atoms with Gasteiger partial charge in [0.05, 0.1) is 17.4 Å². The number of nitrogens with one attached hydrogen (secondary N) is 3. The summed E-state index contributed by atoms with van der Waals surface area (Å²) in [5, 5.41) is 16.0. The van der Waals surface area contributed by atoms with Crippen LogP contribution in [0.2, 0.25) is 0 Å². The number of nitrogens with zero attached hydrogens (tertiary/aromatic N) is 6. The Morgan fingerprint density at radius 2 is 1.89 bits per heavy atom. The van der Waals surface area contributed by atoms with Gasteiger partial charge in [0.1, 0.15) is 11.3 Å². The Bertz CT molecular complexity index is 1700. The van der Waals surface area contributed by atoms with Gasteiger partial charge in [-0.05, 0) is 56.1 Å². The molecule has 0 fully saturated rings. The third-order valence-corrected chi connectivity index (χ3v) is 6.55. The minimum absolute atomic E-state index is 0.205. The van der Waals surface area contributed by atoms with Crippen LogP contribution in [0, 0.1) is 0 Å². The number of aryl methyl sites for hydroxylation is 1. The van der Waals surface area contributed by atoms with Crippen LogP contribution in [0.5, 0.6) is 0 Å². The van der Waals surface area contributed by atoms with Gasteiger partial charge in [0.2, 0.25) is 5.95 Å². The molecule has 1 aromatic carbocycles. The molecular weight excluding hydrogens is 502 g/mol. The number of benzene rings is 1. The van der Waals surface area contributed by atoms with Crippen molar-refractivity contribution in [2.75, 3.05) is 23.0 Å². The predicted octanol–water partition coefficient (Wildman–Crippen LogP) is 4.76. The average molecular weight is 530 g/mol. The number of urea groups is 1. The van der Waals surface area contributed by atoms with Gasteiger partial charge in [0.25, 0.3) is 5.56 Å². The molecule has 194 valence electrons. The highest BCUT2D eigenvalue weighted by Crippen LogP contribution is 2.30. The largest absolute Gasteiger partial charge is 0.357 e. The smallest absolute Gasteiger partial charge is 0.323 e. The highest BCUT2D eigenvalue weighted by molar-refractivity contribution is 7.03. The van der Waals surface area contributed by atoms with Crippen molar-refractivity contribution in [1.82, 2.24) is 28.7 Å². The van der Waals surface area contributed by atoms with Gasteiger partial charge < -0.3 is 16.0 Å². The SMILES string of the molecule is CNc1ncc2cc(-c3cccc(NC(=O)Nc4cn(C(C)(C)C)nc4-c4cnsc4)c3)c(=O)n(C)c2n1. The number of hydrogen-bond donors (Lipinski definition) is 3. The molecule has 0 aliphatic heterocycles. The Morgan fingerprint density at radius 3 is 2.61 bits per heavy atom. The topological polar surface area (TPSA) is 132 Å². The summed E-state index contributed by atoms with van der Waals surface area (Å²) in [6.45, 7) is 6.11. The zero-order chi connectivity index (χ0) is 27.0. The third kappa shape index (κ3) is 4.85. The second-order valence-electron chi connectivity index (χ2n) is 9.72. The average Bonchev–Trinajstić information content (AvgIpc) is 3.56. The normalized spacial score (nSPS) is 11.5. The summed E-state index contributed by atoms with van der Waals surface area (Å²) in [7, 11) is 3.40. The first kappa shape index (κ1) is 25.1. The van der Waals surface area contributed by atoms with E-state index in [9.17, 15) is 9.59 Å². The Morgan fingerprint density at radius 1 is 1.08 bits per heavy atom. The Balaban J connectivity index is 1.42. The minimum Gasteiger partial charge on any atom is -0.357 e. The molecule has 4 aromatic heterocycles. The summed E-state index contributed by atoms with van der Waals surface area (Å²) in [5.41, 5.74) is 3.76. The molecule has 0 spiro atoms. The van der Waals surface area contributed by atoms with Crippen molar-refractivity contribution in [1.29, 1.82) is 0 Å². The molecule has 0 saturated carbocycles. The lowest BCUT2D eigenvalue weighted by Crippen LogP contribution is -2.22. The van der Waals surface area contributed by atoms with Crippen molar-refractivity contribution < 1.29 is 4.79 Å². The highest BCUT2D eigenvalue weighted by atomic mass is 32.1. The van der Waals surface area contributed by atoms with E-state index >= 15 is 0 Å². The Hall–Kier alpha value is -4.58. The van der Waals surface area contributed by atoms with Crippen LogP contribution in [0.1, 0.15) is 20.8 Å². The first-order valence-electron chi connectivity index (χ1n) is 11.9. The van der Waals surface area contributed by atoms with Crippen LogP contribution in [-0.2, 0) is 12.6 Å². The second-order valence-corrected chi connectivity index (χ2v) is 10.4. The van der Waals surface area contributed by atoms with Gasteiger partial charge in [-0.1, -0.05) is 12.1 Å².